The van der Waals surface area contributed by atoms with Gasteiger partial charge in [-0.2, -0.15) is 0 Å². The lowest BCUT2D eigenvalue weighted by molar-refractivity contribution is -0.152. The fourth-order valence-corrected chi connectivity index (χ4v) is 3.64. The third-order valence-corrected chi connectivity index (χ3v) is 6.10. The normalized spacial score (nSPS) is 19.6. The van der Waals surface area contributed by atoms with Gasteiger partial charge in [0.2, 0.25) is 0 Å². The molecular weight excluding hydrogens is 423 g/mol. The maximum absolute atomic E-state index is 12.8. The Balaban J connectivity index is 2.29. The van der Waals surface area contributed by atoms with Gasteiger partial charge in [0.1, 0.15) is 15.6 Å². The monoisotopic (exact) mass is 448 g/mol. The number of H-pyrrole nitrogens is 1. The average Bonchev–Trinajstić information content (AvgIpc) is 3.17. The first-order valence-corrected chi connectivity index (χ1v) is 10.2. The fourth-order valence-electron chi connectivity index (χ4n) is 2.95. The lowest BCUT2D eigenvalue weighted by Crippen LogP contribution is -2.43. The predicted molar refractivity (Wildman–Crippen MR) is 111 cm³/mol. The van der Waals surface area contributed by atoms with Gasteiger partial charge in [0.05, 0.1) is 0 Å². The number of esters is 1. The maximum atomic E-state index is 12.8. The number of alkyl halides is 2. The molecule has 1 aromatic rings. The van der Waals surface area contributed by atoms with Crippen molar-refractivity contribution < 1.29 is 14.3 Å². The van der Waals surface area contributed by atoms with Crippen molar-refractivity contribution in [3.63, 3.8) is 0 Å². The Morgan fingerprint density at radius 3 is 2.41 bits per heavy atom. The number of aromatic nitrogens is 2. The van der Waals surface area contributed by atoms with Crippen LogP contribution in [0.1, 0.15) is 46.5 Å². The number of anilines is 2. The van der Waals surface area contributed by atoms with Gasteiger partial charge < -0.3 is 15.4 Å². The van der Waals surface area contributed by atoms with E-state index >= 15 is 0 Å². The Morgan fingerprint density at radius 1 is 1.28 bits per heavy atom. The molecule has 1 aliphatic carbocycles. The summed E-state index contributed by atoms with van der Waals surface area (Å²) in [6.45, 7) is 5.18. The Bertz CT molecular complexity index is 910. The van der Waals surface area contributed by atoms with E-state index in [0.717, 1.165) is 11.3 Å². The second-order valence-corrected chi connectivity index (χ2v) is 8.82. The van der Waals surface area contributed by atoms with Crippen molar-refractivity contribution in [2.24, 2.45) is 5.41 Å². The minimum absolute atomic E-state index is 0.105. The lowest BCUT2D eigenvalue weighted by atomic mass is 10.1. The number of nitrogen functional groups attached to an aromatic ring is 1. The Kier molecular flexibility index (Phi) is 7.06. The molecule has 0 bridgehead atoms. The van der Waals surface area contributed by atoms with Gasteiger partial charge in [-0.05, 0) is 19.8 Å². The first-order valence-electron chi connectivity index (χ1n) is 9.48. The molecule has 9 nitrogen and oxygen atoms in total. The Morgan fingerprint density at radius 2 is 1.90 bits per heavy atom. The number of aromatic amines is 1. The largest absolute Gasteiger partial charge is 0.455 e. The van der Waals surface area contributed by atoms with Gasteiger partial charge in [0.25, 0.3) is 11.5 Å². The van der Waals surface area contributed by atoms with Gasteiger partial charge in [-0.25, -0.2) is 4.79 Å². The summed E-state index contributed by atoms with van der Waals surface area (Å²) in [6.07, 6.45) is 2.16. The number of hydrogen-bond donors (Lipinski definition) is 2. The smallest absolute Gasteiger partial charge is 0.330 e. The topological polar surface area (TPSA) is 127 Å². The van der Waals surface area contributed by atoms with E-state index in [9.17, 15) is 19.2 Å². The summed E-state index contributed by atoms with van der Waals surface area (Å²) in [4.78, 5) is 52.9. The van der Waals surface area contributed by atoms with Gasteiger partial charge in [-0.15, -0.1) is 23.2 Å². The molecule has 29 heavy (non-hydrogen) atoms. The number of nitrogens with two attached hydrogens (primary N) is 1. The SMILES string of the molecule is CCCCN(C(=O)COC(=O)[C@@]1(C)CC1(Cl)Cl)c1c(N)n(CCC)c(=O)[nH]c1=O. The summed E-state index contributed by atoms with van der Waals surface area (Å²) in [5, 5.41) is 0. The molecule has 1 aromatic heterocycles. The zero-order valence-electron chi connectivity index (χ0n) is 16.7. The van der Waals surface area contributed by atoms with Gasteiger partial charge >= 0.3 is 11.7 Å². The van der Waals surface area contributed by atoms with Crippen molar-refractivity contribution in [2.75, 3.05) is 23.8 Å². The summed E-state index contributed by atoms with van der Waals surface area (Å²) < 4.78 is 5.10. The number of unbranched alkanes of at least 4 members (excludes halogenated alkanes) is 1. The highest BCUT2D eigenvalue weighted by molar-refractivity contribution is 6.53. The number of nitrogens with zero attached hydrogens (tertiary/aromatic N) is 2. The van der Waals surface area contributed by atoms with Gasteiger partial charge in [-0.3, -0.25) is 23.9 Å². The van der Waals surface area contributed by atoms with E-state index in [1.807, 2.05) is 13.8 Å². The molecule has 3 N–H and O–H groups in total. The Hall–Kier alpha value is -2.00. The van der Waals surface area contributed by atoms with Crippen LogP contribution >= 0.6 is 23.2 Å². The van der Waals surface area contributed by atoms with E-state index in [0.29, 0.717) is 12.8 Å². The number of nitrogens with one attached hydrogen (secondary N) is 1. The van der Waals surface area contributed by atoms with E-state index < -0.39 is 39.5 Å². The van der Waals surface area contributed by atoms with Crippen molar-refractivity contribution in [3.8, 4) is 0 Å². The summed E-state index contributed by atoms with van der Waals surface area (Å²) in [5.74, 6) is -1.43. The lowest BCUT2D eigenvalue weighted by Gasteiger charge is -2.24. The van der Waals surface area contributed by atoms with Crippen molar-refractivity contribution in [1.82, 2.24) is 9.55 Å². The molecule has 1 heterocycles. The van der Waals surface area contributed by atoms with Crippen LogP contribution in [0.15, 0.2) is 9.59 Å². The van der Waals surface area contributed by atoms with E-state index in [2.05, 4.69) is 4.98 Å². The molecule has 0 saturated heterocycles. The van der Waals surface area contributed by atoms with E-state index in [4.69, 9.17) is 33.7 Å². The van der Waals surface area contributed by atoms with Crippen LogP contribution < -0.4 is 21.9 Å². The third kappa shape index (κ3) is 4.61. The summed E-state index contributed by atoms with van der Waals surface area (Å²) >= 11 is 11.9. The molecule has 1 fully saturated rings. The fraction of sp³-hybridized carbons (Fsp3) is 0.667. The van der Waals surface area contributed by atoms with Crippen LogP contribution in [0, 0.1) is 5.41 Å². The van der Waals surface area contributed by atoms with Crippen molar-refractivity contribution >= 4 is 46.6 Å². The molecule has 1 saturated carbocycles. The number of halogens is 2. The molecule has 0 spiro atoms. The zero-order chi connectivity index (χ0) is 22.0. The highest BCUT2D eigenvalue weighted by Crippen LogP contribution is 2.64. The number of carbonyl (C=O) groups excluding carboxylic acids is 2. The minimum atomic E-state index is -1.22. The minimum Gasteiger partial charge on any atom is -0.455 e. The van der Waals surface area contributed by atoms with Crippen LogP contribution in [0.25, 0.3) is 0 Å². The molecule has 0 radical (unpaired) electrons. The van der Waals surface area contributed by atoms with Crippen molar-refractivity contribution in [1.29, 1.82) is 0 Å². The first-order chi connectivity index (χ1) is 13.5. The van der Waals surface area contributed by atoms with Gasteiger partial charge in [0.15, 0.2) is 12.3 Å². The first kappa shape index (κ1) is 23.3. The van der Waals surface area contributed by atoms with Crippen LogP contribution in [0.5, 0.6) is 0 Å². The molecule has 0 unspecified atom stereocenters. The molecule has 1 aliphatic rings. The summed E-state index contributed by atoms with van der Waals surface area (Å²) in [5.41, 5.74) is 3.44. The van der Waals surface area contributed by atoms with Crippen LogP contribution in [0.2, 0.25) is 0 Å². The van der Waals surface area contributed by atoms with Crippen LogP contribution in [0.3, 0.4) is 0 Å². The highest BCUT2D eigenvalue weighted by atomic mass is 35.5. The van der Waals surface area contributed by atoms with Crippen LogP contribution in [-0.2, 0) is 20.9 Å². The number of amides is 1. The second kappa shape index (κ2) is 8.79. The molecule has 2 rings (SSSR count). The van der Waals surface area contributed by atoms with E-state index in [1.54, 1.807) is 6.92 Å². The van der Waals surface area contributed by atoms with E-state index in [-0.39, 0.29) is 31.0 Å². The Labute approximate surface area is 178 Å². The molecule has 1 amide bonds. The standard InChI is InChI=1S/C18H26Cl2N4O5/c1-4-6-8-23(11(25)9-29-15(27)17(3)10-18(17,19)20)12-13(21)24(7-5-2)16(28)22-14(12)26/h4-10,21H2,1-3H3,(H,22,26,28)/t17-/m1/s1. The summed E-state index contributed by atoms with van der Waals surface area (Å²) in [7, 11) is 0. The third-order valence-electron chi connectivity index (χ3n) is 5.00. The predicted octanol–water partition coefficient (Wildman–Crippen LogP) is 1.79. The zero-order valence-corrected chi connectivity index (χ0v) is 18.2. The summed E-state index contributed by atoms with van der Waals surface area (Å²) in [6, 6.07) is 0. The number of ether oxygens (including phenoxy) is 1. The quantitative estimate of drug-likeness (QED) is 0.437. The maximum Gasteiger partial charge on any atom is 0.330 e. The highest BCUT2D eigenvalue weighted by Gasteiger charge is 2.69. The van der Waals surface area contributed by atoms with Gasteiger partial charge in [0, 0.05) is 19.5 Å². The molecule has 0 aromatic carbocycles. The molecule has 1 atom stereocenters. The van der Waals surface area contributed by atoms with E-state index in [1.165, 1.54) is 4.57 Å². The van der Waals surface area contributed by atoms with Crippen molar-refractivity contribution in [3.05, 3.63) is 20.8 Å². The number of carbonyl (C=O) groups is 2. The van der Waals surface area contributed by atoms with Crippen LogP contribution in [-0.4, -0.2) is 38.9 Å². The second-order valence-electron chi connectivity index (χ2n) is 7.33. The molecule has 0 aliphatic heterocycles. The average molecular weight is 449 g/mol. The number of hydrogen-bond acceptors (Lipinski definition) is 6. The van der Waals surface area contributed by atoms with Crippen LogP contribution in [0.4, 0.5) is 11.5 Å². The molecular formula is C18H26Cl2N4O5. The van der Waals surface area contributed by atoms with Crippen molar-refractivity contribution in [2.45, 2.75) is 57.3 Å². The molecule has 162 valence electrons. The number of rotatable bonds is 9. The van der Waals surface area contributed by atoms with Gasteiger partial charge in [-0.1, -0.05) is 20.3 Å². The molecule has 11 heteroatoms.